The van der Waals surface area contributed by atoms with Crippen LogP contribution in [0.2, 0.25) is 0 Å². The number of nitrogens with one attached hydrogen (secondary N) is 2. The summed E-state index contributed by atoms with van der Waals surface area (Å²) in [6.07, 6.45) is 4.38. The van der Waals surface area contributed by atoms with E-state index in [0.717, 1.165) is 59.4 Å². The molecular formula is C40H52N6O6. The third kappa shape index (κ3) is 10.6. The fraction of sp³-hybridized carbons (Fsp3) is 0.475. The van der Waals surface area contributed by atoms with E-state index >= 15 is 0 Å². The van der Waals surface area contributed by atoms with Crippen LogP contribution in [0.5, 0.6) is 0 Å². The number of ether oxygens (including phenoxy) is 3. The molecule has 5 rings (SSSR count). The van der Waals surface area contributed by atoms with Gasteiger partial charge in [0, 0.05) is 77.1 Å². The van der Waals surface area contributed by atoms with E-state index in [1.54, 1.807) is 26.5 Å². The SMILES string of the molecule is COCCCn1c([C@@H]2CCCN(C(=O)C[C@@H](Cc3ccc(-c4ccc(C(=O)NCCOC)nc4)cc3)NC(=O)OC(C)(C)C)C2)nc2ccccc21. The highest BCUT2D eigenvalue weighted by molar-refractivity contribution is 5.92. The first-order valence-corrected chi connectivity index (χ1v) is 18.1. The van der Waals surface area contributed by atoms with Crippen molar-refractivity contribution in [3.63, 3.8) is 0 Å². The minimum absolute atomic E-state index is 0.0122. The van der Waals surface area contributed by atoms with Crippen molar-refractivity contribution >= 4 is 28.9 Å². The van der Waals surface area contributed by atoms with E-state index in [1.807, 2.05) is 74.2 Å². The lowest BCUT2D eigenvalue weighted by Gasteiger charge is -2.34. The molecule has 2 aromatic heterocycles. The molecule has 0 radical (unpaired) electrons. The summed E-state index contributed by atoms with van der Waals surface area (Å²) in [5.41, 5.74) is 4.47. The number of hydrogen-bond acceptors (Lipinski definition) is 8. The van der Waals surface area contributed by atoms with Gasteiger partial charge in [-0.25, -0.2) is 9.78 Å². The molecule has 0 saturated carbocycles. The summed E-state index contributed by atoms with van der Waals surface area (Å²) in [4.78, 5) is 50.5. The van der Waals surface area contributed by atoms with Crippen molar-refractivity contribution < 1.29 is 28.6 Å². The van der Waals surface area contributed by atoms with Crippen LogP contribution in [0.15, 0.2) is 66.9 Å². The normalized spacial score (nSPS) is 15.3. The second-order valence-corrected chi connectivity index (χ2v) is 14.3. The fourth-order valence-electron chi connectivity index (χ4n) is 6.58. The molecule has 0 spiro atoms. The summed E-state index contributed by atoms with van der Waals surface area (Å²) in [6, 6.07) is 19.2. The molecule has 278 valence electrons. The average molecular weight is 713 g/mol. The average Bonchev–Trinajstić information content (AvgIpc) is 3.50. The lowest BCUT2D eigenvalue weighted by Crippen LogP contribution is -2.46. The van der Waals surface area contributed by atoms with Crippen LogP contribution in [-0.2, 0) is 32.0 Å². The van der Waals surface area contributed by atoms with Crippen LogP contribution in [0.25, 0.3) is 22.2 Å². The Kier molecular flexibility index (Phi) is 13.4. The van der Waals surface area contributed by atoms with Gasteiger partial charge in [-0.3, -0.25) is 14.6 Å². The van der Waals surface area contributed by atoms with Gasteiger partial charge in [-0.05, 0) is 75.8 Å². The fourth-order valence-corrected chi connectivity index (χ4v) is 6.58. The number of para-hydroxylation sites is 2. The summed E-state index contributed by atoms with van der Waals surface area (Å²) in [6.45, 7) is 8.98. The standard InChI is InChI=1S/C40H52N6O6/c1-40(2,3)52-39(49)43-32(24-28-13-15-29(16-14-28)30-17-18-34(42-26-30)38(48)41-19-23-51-5)25-36(47)45-20-8-10-31(27-45)37-44-33-11-6-7-12-35(33)46(37)21-9-22-50-4/h6-7,11-18,26,31-32H,8-10,19-25,27H2,1-5H3,(H,41,48)(H,43,49)/t31-,32-/m1/s1. The molecule has 0 unspecified atom stereocenters. The van der Waals surface area contributed by atoms with Crippen molar-refractivity contribution in [3.8, 4) is 11.1 Å². The number of methoxy groups -OCH3 is 2. The van der Waals surface area contributed by atoms with Gasteiger partial charge in [0.15, 0.2) is 0 Å². The number of fused-ring (bicyclic) bond motifs is 1. The van der Waals surface area contributed by atoms with Gasteiger partial charge in [0.2, 0.25) is 5.91 Å². The highest BCUT2D eigenvalue weighted by atomic mass is 16.6. The van der Waals surface area contributed by atoms with Crippen LogP contribution in [0, 0.1) is 0 Å². The lowest BCUT2D eigenvalue weighted by atomic mass is 9.95. The lowest BCUT2D eigenvalue weighted by molar-refractivity contribution is -0.133. The second kappa shape index (κ2) is 18.1. The zero-order valence-electron chi connectivity index (χ0n) is 31.0. The Labute approximate surface area is 306 Å². The number of rotatable bonds is 15. The van der Waals surface area contributed by atoms with Gasteiger partial charge >= 0.3 is 6.09 Å². The summed E-state index contributed by atoms with van der Waals surface area (Å²) in [5.74, 6) is 0.844. The zero-order valence-corrected chi connectivity index (χ0v) is 31.0. The molecule has 2 atom stereocenters. The molecule has 12 nitrogen and oxygen atoms in total. The first-order valence-electron chi connectivity index (χ1n) is 18.1. The number of pyridine rings is 1. The summed E-state index contributed by atoms with van der Waals surface area (Å²) in [7, 11) is 3.29. The number of likely N-dealkylation sites (tertiary alicyclic amines) is 1. The minimum Gasteiger partial charge on any atom is -0.444 e. The summed E-state index contributed by atoms with van der Waals surface area (Å²) < 4.78 is 18.2. The van der Waals surface area contributed by atoms with Crippen molar-refractivity contribution in [1.82, 2.24) is 30.1 Å². The molecule has 3 amide bonds. The molecule has 2 aromatic carbocycles. The Morgan fingerprint density at radius 1 is 0.962 bits per heavy atom. The number of hydrogen-bond donors (Lipinski definition) is 2. The predicted octanol–water partition coefficient (Wildman–Crippen LogP) is 5.74. The van der Waals surface area contributed by atoms with Gasteiger partial charge in [-0.2, -0.15) is 0 Å². The largest absolute Gasteiger partial charge is 0.444 e. The topological polar surface area (TPSA) is 137 Å². The molecule has 0 aliphatic carbocycles. The van der Waals surface area contributed by atoms with E-state index in [1.165, 1.54) is 0 Å². The van der Waals surface area contributed by atoms with Crippen LogP contribution in [-0.4, -0.2) is 96.1 Å². The van der Waals surface area contributed by atoms with Crippen LogP contribution >= 0.6 is 0 Å². The van der Waals surface area contributed by atoms with Crippen molar-refractivity contribution in [2.45, 2.75) is 77.0 Å². The third-order valence-corrected chi connectivity index (χ3v) is 9.05. The van der Waals surface area contributed by atoms with Crippen LogP contribution in [0.3, 0.4) is 0 Å². The number of benzene rings is 2. The number of amides is 3. The molecule has 4 aromatic rings. The number of imidazole rings is 1. The zero-order chi connectivity index (χ0) is 37.1. The van der Waals surface area contributed by atoms with E-state index in [2.05, 4.69) is 26.3 Å². The number of piperidine rings is 1. The second-order valence-electron chi connectivity index (χ2n) is 14.3. The number of carbonyl (C=O) groups excluding carboxylic acids is 3. The smallest absolute Gasteiger partial charge is 0.407 e. The maximum Gasteiger partial charge on any atom is 0.407 e. The monoisotopic (exact) mass is 712 g/mol. The third-order valence-electron chi connectivity index (χ3n) is 9.05. The minimum atomic E-state index is -0.677. The number of alkyl carbamates (subject to hydrolysis) is 1. The Hall–Kier alpha value is -4.81. The quantitative estimate of drug-likeness (QED) is 0.149. The summed E-state index contributed by atoms with van der Waals surface area (Å²) in [5, 5.41) is 5.75. The van der Waals surface area contributed by atoms with Gasteiger partial charge in [0.25, 0.3) is 5.91 Å². The predicted molar refractivity (Wildman–Crippen MR) is 200 cm³/mol. The Morgan fingerprint density at radius 2 is 1.71 bits per heavy atom. The van der Waals surface area contributed by atoms with Crippen molar-refractivity contribution in [3.05, 3.63) is 83.9 Å². The van der Waals surface area contributed by atoms with Crippen molar-refractivity contribution in [2.24, 2.45) is 0 Å². The Bertz CT molecular complexity index is 1780. The van der Waals surface area contributed by atoms with Crippen LogP contribution in [0.4, 0.5) is 4.79 Å². The molecule has 3 heterocycles. The van der Waals surface area contributed by atoms with E-state index < -0.39 is 17.7 Å². The first kappa shape index (κ1) is 38.4. The highest BCUT2D eigenvalue weighted by Gasteiger charge is 2.30. The first-order chi connectivity index (χ1) is 25.0. The van der Waals surface area contributed by atoms with Crippen LogP contribution in [0.1, 0.15) is 74.2 Å². The molecule has 2 N–H and O–H groups in total. The molecule has 12 heteroatoms. The van der Waals surface area contributed by atoms with E-state index in [4.69, 9.17) is 19.2 Å². The molecule has 1 aliphatic rings. The summed E-state index contributed by atoms with van der Waals surface area (Å²) >= 11 is 0. The van der Waals surface area contributed by atoms with Gasteiger partial charge in [-0.15, -0.1) is 0 Å². The number of aromatic nitrogens is 3. The number of nitrogens with zero attached hydrogens (tertiary/aromatic N) is 4. The molecule has 1 saturated heterocycles. The Morgan fingerprint density at radius 3 is 2.42 bits per heavy atom. The Balaban J connectivity index is 1.27. The van der Waals surface area contributed by atoms with E-state index in [0.29, 0.717) is 45.0 Å². The highest BCUT2D eigenvalue weighted by Crippen LogP contribution is 2.30. The number of carbonyl (C=O) groups is 3. The molecule has 1 fully saturated rings. The molecule has 0 bridgehead atoms. The number of aryl methyl sites for hydroxylation is 1. The maximum absolute atomic E-state index is 13.9. The van der Waals surface area contributed by atoms with E-state index in [9.17, 15) is 14.4 Å². The van der Waals surface area contributed by atoms with Gasteiger partial charge in [0.05, 0.1) is 17.6 Å². The van der Waals surface area contributed by atoms with Crippen molar-refractivity contribution in [1.29, 1.82) is 0 Å². The molecule has 52 heavy (non-hydrogen) atoms. The van der Waals surface area contributed by atoms with E-state index in [-0.39, 0.29) is 24.2 Å². The maximum atomic E-state index is 13.9. The van der Waals surface area contributed by atoms with Gasteiger partial charge in [-0.1, -0.05) is 42.5 Å². The van der Waals surface area contributed by atoms with Crippen LogP contribution < -0.4 is 10.6 Å². The van der Waals surface area contributed by atoms with Crippen molar-refractivity contribution in [2.75, 3.05) is 47.1 Å². The van der Waals surface area contributed by atoms with Gasteiger partial charge < -0.3 is 34.3 Å². The molecule has 1 aliphatic heterocycles. The molecular weight excluding hydrogens is 660 g/mol. The van der Waals surface area contributed by atoms with Gasteiger partial charge in [0.1, 0.15) is 17.1 Å².